The Morgan fingerprint density at radius 1 is 1.07 bits per heavy atom. The van der Waals surface area contributed by atoms with Crippen molar-refractivity contribution in [2.75, 3.05) is 4.90 Å². The lowest BCUT2D eigenvalue weighted by Crippen LogP contribution is -2.29. The molecule has 8 heteroatoms. The molecule has 6 nitrogen and oxygen atoms in total. The van der Waals surface area contributed by atoms with Gasteiger partial charge in [-0.15, -0.1) is 11.3 Å². The van der Waals surface area contributed by atoms with E-state index in [-0.39, 0.29) is 17.1 Å². The largest absolute Gasteiger partial charge is 0.508 e. The molecular formula is C22H17ClN2O4S. The molecule has 1 amide bonds. The zero-order valence-corrected chi connectivity index (χ0v) is 17.7. The first-order valence-electron chi connectivity index (χ1n) is 9.08. The van der Waals surface area contributed by atoms with E-state index in [2.05, 4.69) is 4.98 Å². The molecule has 2 N–H and O–H groups in total. The van der Waals surface area contributed by atoms with Gasteiger partial charge in [-0.1, -0.05) is 23.7 Å². The van der Waals surface area contributed by atoms with Gasteiger partial charge in [0.05, 0.1) is 17.3 Å². The van der Waals surface area contributed by atoms with Crippen LogP contribution < -0.4 is 4.90 Å². The molecule has 1 fully saturated rings. The van der Waals surface area contributed by atoms with Crippen molar-refractivity contribution in [2.24, 2.45) is 0 Å². The van der Waals surface area contributed by atoms with Gasteiger partial charge in [0.2, 0.25) is 0 Å². The highest BCUT2D eigenvalue weighted by Crippen LogP contribution is 2.44. The van der Waals surface area contributed by atoms with Crippen molar-refractivity contribution in [3.8, 4) is 5.75 Å². The molecule has 0 spiro atoms. The third-order valence-corrected chi connectivity index (χ3v) is 6.32. The van der Waals surface area contributed by atoms with Gasteiger partial charge < -0.3 is 10.2 Å². The van der Waals surface area contributed by atoms with Crippen LogP contribution in [-0.4, -0.2) is 26.9 Å². The van der Waals surface area contributed by atoms with Crippen molar-refractivity contribution >= 4 is 45.5 Å². The fourth-order valence-corrected chi connectivity index (χ4v) is 4.39. The van der Waals surface area contributed by atoms with Crippen molar-refractivity contribution < 1.29 is 19.8 Å². The molecule has 4 rings (SSSR count). The maximum atomic E-state index is 13.0. The van der Waals surface area contributed by atoms with E-state index in [1.165, 1.54) is 28.4 Å². The summed E-state index contributed by atoms with van der Waals surface area (Å²) in [5, 5.41) is 21.5. The molecule has 2 aromatic carbocycles. The number of phenols is 1. The lowest BCUT2D eigenvalue weighted by Gasteiger charge is -2.23. The van der Waals surface area contributed by atoms with E-state index in [4.69, 9.17) is 11.6 Å². The van der Waals surface area contributed by atoms with Gasteiger partial charge in [0, 0.05) is 15.5 Å². The number of benzene rings is 2. The van der Waals surface area contributed by atoms with Crippen molar-refractivity contribution in [3.63, 3.8) is 0 Å². The van der Waals surface area contributed by atoms with Gasteiger partial charge in [-0.2, -0.15) is 0 Å². The molecule has 0 aliphatic carbocycles. The van der Waals surface area contributed by atoms with E-state index in [0.717, 1.165) is 10.6 Å². The number of hydrogen-bond donors (Lipinski definition) is 2. The van der Waals surface area contributed by atoms with Crippen molar-refractivity contribution in [1.82, 2.24) is 4.98 Å². The fraction of sp³-hybridized carbons (Fsp3) is 0.136. The Labute approximate surface area is 181 Å². The fourth-order valence-electron chi connectivity index (χ4n) is 3.32. The third kappa shape index (κ3) is 3.36. The smallest absolute Gasteiger partial charge is 0.301 e. The van der Waals surface area contributed by atoms with Crippen LogP contribution in [0.2, 0.25) is 5.02 Å². The minimum Gasteiger partial charge on any atom is -0.508 e. The summed E-state index contributed by atoms with van der Waals surface area (Å²) in [7, 11) is 0. The number of Topliss-reactive ketones (excluding diaryl/α,β-unsaturated/α-hetero) is 1. The Bertz CT molecular complexity index is 1160. The number of phenolic OH excluding ortho intramolecular Hbond substituents is 1. The Morgan fingerprint density at radius 3 is 2.27 bits per heavy atom. The summed E-state index contributed by atoms with van der Waals surface area (Å²) in [5.41, 5.74) is 1.65. The lowest BCUT2D eigenvalue weighted by molar-refractivity contribution is -0.132. The number of halogens is 1. The topological polar surface area (TPSA) is 90.7 Å². The second-order valence-electron chi connectivity index (χ2n) is 6.91. The van der Waals surface area contributed by atoms with Gasteiger partial charge in [-0.3, -0.25) is 14.5 Å². The number of aryl methyl sites for hydroxylation is 2. The molecule has 1 atom stereocenters. The number of aliphatic hydroxyl groups is 1. The number of nitrogens with zero attached hydrogens (tertiary/aromatic N) is 2. The first-order chi connectivity index (χ1) is 14.3. The summed E-state index contributed by atoms with van der Waals surface area (Å²) in [5.74, 6) is -1.81. The number of ketones is 1. The highest BCUT2D eigenvalue weighted by molar-refractivity contribution is 7.16. The van der Waals surface area contributed by atoms with Gasteiger partial charge >= 0.3 is 5.91 Å². The number of hydrogen-bond acceptors (Lipinski definition) is 6. The van der Waals surface area contributed by atoms with E-state index in [1.54, 1.807) is 36.4 Å². The number of rotatable bonds is 3. The van der Waals surface area contributed by atoms with Crippen LogP contribution in [0.15, 0.2) is 54.1 Å². The number of aromatic hydroxyl groups is 1. The van der Waals surface area contributed by atoms with E-state index in [1.807, 2.05) is 13.8 Å². The van der Waals surface area contributed by atoms with Gasteiger partial charge in [-0.25, -0.2) is 4.98 Å². The molecule has 1 aliphatic heterocycles. The molecule has 0 saturated carbocycles. The Balaban J connectivity index is 1.94. The zero-order chi connectivity index (χ0) is 21.6. The van der Waals surface area contributed by atoms with Crippen LogP contribution in [-0.2, 0) is 9.59 Å². The molecule has 3 aromatic rings. The summed E-state index contributed by atoms with van der Waals surface area (Å²) in [4.78, 5) is 32.7. The molecular weight excluding hydrogens is 424 g/mol. The van der Waals surface area contributed by atoms with Crippen LogP contribution in [0.4, 0.5) is 5.13 Å². The second kappa shape index (κ2) is 7.59. The number of carbonyl (C=O) groups is 2. The number of amides is 1. The van der Waals surface area contributed by atoms with E-state index < -0.39 is 17.7 Å². The lowest BCUT2D eigenvalue weighted by atomic mass is 9.95. The zero-order valence-electron chi connectivity index (χ0n) is 16.1. The van der Waals surface area contributed by atoms with Crippen molar-refractivity contribution in [2.45, 2.75) is 19.9 Å². The van der Waals surface area contributed by atoms with E-state index >= 15 is 0 Å². The van der Waals surface area contributed by atoms with Crippen molar-refractivity contribution in [1.29, 1.82) is 0 Å². The molecule has 152 valence electrons. The summed E-state index contributed by atoms with van der Waals surface area (Å²) in [6.07, 6.45) is 0. The van der Waals surface area contributed by atoms with Crippen molar-refractivity contribution in [3.05, 3.63) is 80.8 Å². The first kappa shape index (κ1) is 20.1. The number of anilines is 1. The second-order valence-corrected chi connectivity index (χ2v) is 8.52. The predicted octanol–water partition coefficient (Wildman–Crippen LogP) is 4.75. The molecule has 1 saturated heterocycles. The summed E-state index contributed by atoms with van der Waals surface area (Å²) < 4.78 is 0. The number of aliphatic hydroxyl groups excluding tert-OH is 1. The molecule has 1 aliphatic rings. The van der Waals surface area contributed by atoms with Crippen LogP contribution in [0.25, 0.3) is 5.76 Å². The average molecular weight is 441 g/mol. The summed E-state index contributed by atoms with van der Waals surface area (Å²) >= 11 is 7.23. The van der Waals surface area contributed by atoms with Crippen LogP contribution >= 0.6 is 22.9 Å². The molecule has 1 aromatic heterocycles. The van der Waals surface area contributed by atoms with E-state index in [9.17, 15) is 19.8 Å². The van der Waals surface area contributed by atoms with Gasteiger partial charge in [0.1, 0.15) is 11.5 Å². The van der Waals surface area contributed by atoms with E-state index in [0.29, 0.717) is 21.3 Å². The Hall–Kier alpha value is -3.16. The van der Waals surface area contributed by atoms with Crippen LogP contribution in [0, 0.1) is 13.8 Å². The van der Waals surface area contributed by atoms with Crippen LogP contribution in [0.1, 0.15) is 27.7 Å². The number of aromatic nitrogens is 1. The Morgan fingerprint density at radius 2 is 1.70 bits per heavy atom. The third-order valence-electron chi connectivity index (χ3n) is 4.99. The molecule has 0 unspecified atom stereocenters. The monoisotopic (exact) mass is 440 g/mol. The highest BCUT2D eigenvalue weighted by Gasteiger charge is 2.48. The van der Waals surface area contributed by atoms with Gasteiger partial charge in [0.15, 0.2) is 5.13 Å². The molecule has 2 heterocycles. The number of thiazole rings is 1. The van der Waals surface area contributed by atoms with Crippen LogP contribution in [0.5, 0.6) is 5.75 Å². The normalized spacial score (nSPS) is 18.2. The first-order valence-corrected chi connectivity index (χ1v) is 10.3. The minimum atomic E-state index is -0.883. The minimum absolute atomic E-state index is 0.0430. The van der Waals surface area contributed by atoms with Gasteiger partial charge in [0.25, 0.3) is 5.78 Å². The number of carbonyl (C=O) groups excluding carboxylic acids is 2. The molecule has 0 radical (unpaired) electrons. The summed E-state index contributed by atoms with van der Waals surface area (Å²) in [6, 6.07) is 11.6. The standard InChI is InChI=1S/C22H17ClN2O4S/c1-11-12(2)30-22(24-11)25-18(13-5-9-16(26)10-6-13)17(20(28)21(25)29)19(27)14-3-7-15(23)8-4-14/h3-10,18,26-27H,1-2H3/t18-/m0/s1. The average Bonchev–Trinajstić information content (AvgIpc) is 3.18. The summed E-state index contributed by atoms with van der Waals surface area (Å²) in [6.45, 7) is 3.71. The Kier molecular flexibility index (Phi) is 5.09. The maximum Gasteiger partial charge on any atom is 0.301 e. The SMILES string of the molecule is Cc1nc(N2C(=O)C(=O)C(=C(O)c3ccc(Cl)cc3)[C@@H]2c2ccc(O)cc2)sc1C. The van der Waals surface area contributed by atoms with Gasteiger partial charge in [-0.05, 0) is 55.8 Å². The quantitative estimate of drug-likeness (QED) is 0.348. The highest BCUT2D eigenvalue weighted by atomic mass is 35.5. The predicted molar refractivity (Wildman–Crippen MR) is 116 cm³/mol. The maximum absolute atomic E-state index is 13.0. The molecule has 30 heavy (non-hydrogen) atoms. The molecule has 0 bridgehead atoms. The van der Waals surface area contributed by atoms with Crippen LogP contribution in [0.3, 0.4) is 0 Å².